The molecule has 0 spiro atoms. The molecule has 0 aliphatic heterocycles. The van der Waals surface area contributed by atoms with E-state index in [2.05, 4.69) is 15.3 Å². The van der Waals surface area contributed by atoms with E-state index in [0.717, 1.165) is 22.6 Å². The predicted molar refractivity (Wildman–Crippen MR) is 110 cm³/mol. The van der Waals surface area contributed by atoms with Crippen molar-refractivity contribution < 1.29 is 14.3 Å². The van der Waals surface area contributed by atoms with Crippen LogP contribution in [0.5, 0.6) is 0 Å². The van der Waals surface area contributed by atoms with Gasteiger partial charge in [-0.2, -0.15) is 0 Å². The Bertz CT molecular complexity index is 1230. The number of nitrogens with zero attached hydrogens (tertiary/aromatic N) is 3. The number of pyridine rings is 1. The maximum absolute atomic E-state index is 12.7. The van der Waals surface area contributed by atoms with Crippen LogP contribution in [0, 0.1) is 0 Å². The van der Waals surface area contributed by atoms with Gasteiger partial charge in [0.25, 0.3) is 5.91 Å². The summed E-state index contributed by atoms with van der Waals surface area (Å²) >= 11 is 0. The van der Waals surface area contributed by atoms with Crippen LogP contribution in [0.1, 0.15) is 20.7 Å². The molecule has 7 nitrogen and oxygen atoms in total. The molecular weight excluding hydrogens is 368 g/mol. The highest BCUT2D eigenvalue weighted by Crippen LogP contribution is 2.23. The van der Waals surface area contributed by atoms with Crippen LogP contribution >= 0.6 is 0 Å². The highest BCUT2D eigenvalue weighted by molar-refractivity contribution is 6.05. The Morgan fingerprint density at radius 2 is 1.79 bits per heavy atom. The van der Waals surface area contributed by atoms with Crippen molar-refractivity contribution in [2.75, 3.05) is 12.4 Å². The van der Waals surface area contributed by atoms with Gasteiger partial charge in [-0.1, -0.05) is 18.2 Å². The van der Waals surface area contributed by atoms with Gasteiger partial charge in [0.05, 0.1) is 12.7 Å². The Morgan fingerprint density at radius 1 is 1.00 bits per heavy atom. The van der Waals surface area contributed by atoms with Gasteiger partial charge in [-0.25, -0.2) is 14.8 Å². The topological polar surface area (TPSA) is 86.1 Å². The molecule has 2 aromatic carbocycles. The fourth-order valence-corrected chi connectivity index (χ4v) is 3.13. The van der Waals surface area contributed by atoms with Gasteiger partial charge in [-0.05, 0) is 42.5 Å². The number of ether oxygens (including phenoxy) is 1. The van der Waals surface area contributed by atoms with E-state index in [4.69, 9.17) is 4.74 Å². The predicted octanol–water partition coefficient (Wildman–Crippen LogP) is 3.67. The number of nitrogens with one attached hydrogen (secondary N) is 1. The molecule has 2 heterocycles. The second kappa shape index (κ2) is 7.55. The van der Waals surface area contributed by atoms with Gasteiger partial charge in [-0.15, -0.1) is 0 Å². The number of amides is 1. The van der Waals surface area contributed by atoms with Gasteiger partial charge in [0, 0.05) is 30.1 Å². The third-order valence-corrected chi connectivity index (χ3v) is 4.55. The van der Waals surface area contributed by atoms with Crippen LogP contribution in [0.3, 0.4) is 0 Å². The highest BCUT2D eigenvalue weighted by atomic mass is 16.5. The van der Waals surface area contributed by atoms with Crippen LogP contribution < -0.4 is 5.32 Å². The van der Waals surface area contributed by atoms with E-state index in [9.17, 15) is 9.59 Å². The second-order valence-electron chi connectivity index (χ2n) is 6.45. The average molecular weight is 386 g/mol. The van der Waals surface area contributed by atoms with Crippen molar-refractivity contribution >= 4 is 28.7 Å². The number of methoxy groups -OCH3 is 1. The molecule has 2 aromatic heterocycles. The number of aryl methyl sites for hydroxylation is 1. The van der Waals surface area contributed by atoms with Gasteiger partial charge >= 0.3 is 5.97 Å². The zero-order valence-electron chi connectivity index (χ0n) is 15.9. The molecule has 0 fully saturated rings. The highest BCUT2D eigenvalue weighted by Gasteiger charge is 2.14. The first kappa shape index (κ1) is 18.4. The molecule has 1 amide bonds. The van der Waals surface area contributed by atoms with Gasteiger partial charge in [0.2, 0.25) is 0 Å². The first-order valence-electron chi connectivity index (χ1n) is 8.94. The minimum Gasteiger partial charge on any atom is -0.465 e. The fourth-order valence-electron chi connectivity index (χ4n) is 3.13. The van der Waals surface area contributed by atoms with Crippen LogP contribution in [0.4, 0.5) is 5.69 Å². The smallest absolute Gasteiger partial charge is 0.337 e. The second-order valence-corrected chi connectivity index (χ2v) is 6.45. The third kappa shape index (κ3) is 3.58. The molecule has 4 aromatic rings. The molecular formula is C22H18N4O3. The number of fused-ring (bicyclic) bond motifs is 1. The van der Waals surface area contributed by atoms with E-state index in [-0.39, 0.29) is 5.91 Å². The van der Waals surface area contributed by atoms with E-state index in [1.165, 1.54) is 7.11 Å². The summed E-state index contributed by atoms with van der Waals surface area (Å²) in [5.41, 5.74) is 3.73. The first-order valence-corrected chi connectivity index (χ1v) is 8.94. The van der Waals surface area contributed by atoms with E-state index < -0.39 is 5.97 Å². The molecule has 1 N–H and O–H groups in total. The van der Waals surface area contributed by atoms with Crippen molar-refractivity contribution in [2.24, 2.45) is 7.05 Å². The van der Waals surface area contributed by atoms with Crippen LogP contribution in [-0.2, 0) is 11.8 Å². The number of imidazole rings is 1. The summed E-state index contributed by atoms with van der Waals surface area (Å²) in [5, 5.41) is 2.81. The number of hydrogen-bond donors (Lipinski definition) is 1. The van der Waals surface area contributed by atoms with Crippen molar-refractivity contribution in [1.29, 1.82) is 0 Å². The molecule has 0 aliphatic rings. The van der Waals surface area contributed by atoms with Crippen LogP contribution in [0.15, 0.2) is 66.9 Å². The lowest BCUT2D eigenvalue weighted by atomic mass is 10.1. The molecule has 7 heteroatoms. The maximum Gasteiger partial charge on any atom is 0.337 e. The molecule has 0 saturated carbocycles. The number of benzene rings is 2. The van der Waals surface area contributed by atoms with Crippen LogP contribution in [-0.4, -0.2) is 33.5 Å². The number of hydrogen-bond acceptors (Lipinski definition) is 5. The average Bonchev–Trinajstić information content (AvgIpc) is 3.10. The minimum absolute atomic E-state index is 0.286. The third-order valence-electron chi connectivity index (χ3n) is 4.55. The molecule has 0 radical (unpaired) electrons. The van der Waals surface area contributed by atoms with E-state index in [1.54, 1.807) is 42.6 Å². The van der Waals surface area contributed by atoms with Gasteiger partial charge in [0.15, 0.2) is 5.65 Å². The summed E-state index contributed by atoms with van der Waals surface area (Å²) in [6.45, 7) is 0. The SMILES string of the molecule is COC(=O)c1cccc(NC(=O)c2cccc(-c3nc4cccnc4n3C)c2)c1. The molecule has 29 heavy (non-hydrogen) atoms. The van der Waals surface area contributed by atoms with Crippen molar-refractivity contribution in [3.05, 3.63) is 78.0 Å². The normalized spacial score (nSPS) is 10.7. The lowest BCUT2D eigenvalue weighted by Gasteiger charge is -2.08. The Hall–Kier alpha value is -4.00. The summed E-state index contributed by atoms with van der Waals surface area (Å²) in [5.74, 6) is -0.0228. The van der Waals surface area contributed by atoms with Gasteiger partial charge in [0.1, 0.15) is 11.3 Å². The lowest BCUT2D eigenvalue weighted by Crippen LogP contribution is -2.12. The molecule has 4 rings (SSSR count). The summed E-state index contributed by atoms with van der Waals surface area (Å²) in [4.78, 5) is 33.4. The number of esters is 1. The number of carbonyl (C=O) groups is 2. The quantitative estimate of drug-likeness (QED) is 0.541. The van der Waals surface area contributed by atoms with Gasteiger partial charge < -0.3 is 14.6 Å². The number of anilines is 1. The summed E-state index contributed by atoms with van der Waals surface area (Å²) in [7, 11) is 3.21. The Labute approximate surface area is 167 Å². The number of carbonyl (C=O) groups excluding carboxylic acids is 2. The van der Waals surface area contributed by atoms with E-state index >= 15 is 0 Å². The Morgan fingerprint density at radius 3 is 2.59 bits per heavy atom. The van der Waals surface area contributed by atoms with Crippen molar-refractivity contribution in [2.45, 2.75) is 0 Å². The fraction of sp³-hybridized carbons (Fsp3) is 0.0909. The Balaban J connectivity index is 1.62. The Kier molecular flexibility index (Phi) is 4.78. The number of aromatic nitrogens is 3. The molecule has 0 saturated heterocycles. The van der Waals surface area contributed by atoms with Crippen molar-refractivity contribution in [3.63, 3.8) is 0 Å². The summed E-state index contributed by atoms with van der Waals surface area (Å²) in [6.07, 6.45) is 1.72. The van der Waals surface area contributed by atoms with Gasteiger partial charge in [-0.3, -0.25) is 4.79 Å². The van der Waals surface area contributed by atoms with Crippen LogP contribution in [0.2, 0.25) is 0 Å². The molecule has 0 atom stereocenters. The van der Waals surface area contributed by atoms with E-state index in [1.807, 2.05) is 35.9 Å². The molecule has 144 valence electrons. The summed E-state index contributed by atoms with van der Waals surface area (Å²) in [6, 6.07) is 17.5. The zero-order chi connectivity index (χ0) is 20.4. The van der Waals surface area contributed by atoms with Crippen molar-refractivity contribution in [3.8, 4) is 11.4 Å². The molecule has 0 unspecified atom stereocenters. The first-order chi connectivity index (χ1) is 14.1. The maximum atomic E-state index is 12.7. The van der Waals surface area contributed by atoms with Crippen LogP contribution in [0.25, 0.3) is 22.6 Å². The molecule has 0 aliphatic carbocycles. The lowest BCUT2D eigenvalue weighted by molar-refractivity contribution is 0.0600. The zero-order valence-corrected chi connectivity index (χ0v) is 15.9. The standard InChI is InChI=1S/C22H18N4O3/c1-26-19(25-18-10-5-11-23-20(18)26)14-6-3-7-15(12-14)21(27)24-17-9-4-8-16(13-17)22(28)29-2/h3-13H,1-2H3,(H,24,27). The minimum atomic E-state index is -0.460. The largest absolute Gasteiger partial charge is 0.465 e. The molecule has 0 bridgehead atoms. The monoisotopic (exact) mass is 386 g/mol. The van der Waals surface area contributed by atoms with Crippen molar-refractivity contribution in [1.82, 2.24) is 14.5 Å². The summed E-state index contributed by atoms with van der Waals surface area (Å²) < 4.78 is 6.61. The van der Waals surface area contributed by atoms with E-state index in [0.29, 0.717) is 16.8 Å². The number of rotatable bonds is 4.